The summed E-state index contributed by atoms with van der Waals surface area (Å²) in [5.74, 6) is 0. The molecule has 0 saturated carbocycles. The van der Waals surface area contributed by atoms with Crippen LogP contribution in [0.5, 0.6) is 0 Å². The summed E-state index contributed by atoms with van der Waals surface area (Å²) in [6.45, 7) is 3.63. The van der Waals surface area contributed by atoms with E-state index in [1.54, 1.807) is 18.5 Å². The number of hydrogen-bond donors (Lipinski definition) is 0. The fraction of sp³-hybridized carbons (Fsp3) is 0. The normalized spacial score (nSPS) is 9.25. The third kappa shape index (κ3) is 0.984. The van der Waals surface area contributed by atoms with Crippen molar-refractivity contribution >= 4 is 11.6 Å². The van der Waals surface area contributed by atoms with E-state index >= 15 is 0 Å². The third-order valence-corrected chi connectivity index (χ3v) is 1.21. The monoisotopic (exact) mass is 126 g/mol. The molecule has 0 fully saturated rings. The highest BCUT2D eigenvalue weighted by atomic mass is 35.5. The molecule has 0 aromatic carbocycles. The van der Waals surface area contributed by atoms with Crippen molar-refractivity contribution in [3.63, 3.8) is 0 Å². The van der Waals surface area contributed by atoms with E-state index in [4.69, 9.17) is 11.6 Å². The summed E-state index contributed by atoms with van der Waals surface area (Å²) in [6, 6.07) is 1.71. The van der Waals surface area contributed by atoms with Crippen LogP contribution >= 0.6 is 11.6 Å². The highest BCUT2D eigenvalue weighted by Crippen LogP contribution is 2.10. The number of rotatable bonds is 0. The Bertz CT molecular complexity index is 165. The lowest BCUT2D eigenvalue weighted by Crippen LogP contribution is -1.74. The molecule has 1 rings (SSSR count). The van der Waals surface area contributed by atoms with E-state index < -0.39 is 0 Å². The molecule has 0 atom stereocenters. The molecule has 1 radical (unpaired) electrons. The van der Waals surface area contributed by atoms with Crippen LogP contribution in [0.2, 0.25) is 5.02 Å². The molecule has 1 aromatic rings. The van der Waals surface area contributed by atoms with Crippen LogP contribution in [0, 0.1) is 6.92 Å². The topological polar surface area (TPSA) is 12.9 Å². The fourth-order valence-corrected chi connectivity index (χ4v) is 0.515. The van der Waals surface area contributed by atoms with Crippen molar-refractivity contribution in [1.82, 2.24) is 4.98 Å². The summed E-state index contributed by atoms with van der Waals surface area (Å²) in [7, 11) is 0. The van der Waals surface area contributed by atoms with Crippen LogP contribution in [-0.4, -0.2) is 4.98 Å². The first kappa shape index (κ1) is 5.57. The maximum absolute atomic E-state index is 5.61. The quantitative estimate of drug-likeness (QED) is 0.518. The van der Waals surface area contributed by atoms with E-state index in [9.17, 15) is 0 Å². The van der Waals surface area contributed by atoms with Gasteiger partial charge in [0.15, 0.2) is 0 Å². The second-order valence-corrected chi connectivity index (χ2v) is 1.87. The highest BCUT2D eigenvalue weighted by molar-refractivity contribution is 6.31. The van der Waals surface area contributed by atoms with Crippen molar-refractivity contribution in [2.24, 2.45) is 0 Å². The van der Waals surface area contributed by atoms with E-state index in [0.717, 1.165) is 5.56 Å². The lowest BCUT2D eigenvalue weighted by atomic mass is 10.3. The van der Waals surface area contributed by atoms with Crippen molar-refractivity contribution in [2.75, 3.05) is 0 Å². The average molecular weight is 127 g/mol. The van der Waals surface area contributed by atoms with Gasteiger partial charge in [-0.25, -0.2) is 0 Å². The number of nitrogens with zero attached hydrogens (tertiary/aromatic N) is 1. The third-order valence-electron chi connectivity index (χ3n) is 0.844. The fourth-order valence-electron chi connectivity index (χ4n) is 0.410. The van der Waals surface area contributed by atoms with E-state index in [0.29, 0.717) is 5.02 Å². The molecule has 0 aliphatic carbocycles. The van der Waals surface area contributed by atoms with Gasteiger partial charge in [0, 0.05) is 17.4 Å². The van der Waals surface area contributed by atoms with Crippen LogP contribution in [0.25, 0.3) is 0 Å². The van der Waals surface area contributed by atoms with Crippen molar-refractivity contribution in [2.45, 2.75) is 0 Å². The molecule has 1 nitrogen and oxygen atoms in total. The van der Waals surface area contributed by atoms with E-state index in [-0.39, 0.29) is 0 Å². The zero-order valence-corrected chi connectivity index (χ0v) is 5.02. The van der Waals surface area contributed by atoms with Gasteiger partial charge in [-0.2, -0.15) is 0 Å². The summed E-state index contributed by atoms with van der Waals surface area (Å²) < 4.78 is 0. The first-order chi connectivity index (χ1) is 3.80. The lowest BCUT2D eigenvalue weighted by Gasteiger charge is -1.90. The van der Waals surface area contributed by atoms with Crippen LogP contribution in [0.1, 0.15) is 5.56 Å². The molecule has 0 spiro atoms. The van der Waals surface area contributed by atoms with E-state index in [2.05, 4.69) is 11.9 Å². The average Bonchev–Trinajstić information content (AvgIpc) is 1.77. The predicted molar refractivity (Wildman–Crippen MR) is 33.7 cm³/mol. The van der Waals surface area contributed by atoms with Crippen LogP contribution in [0.4, 0.5) is 0 Å². The van der Waals surface area contributed by atoms with Gasteiger partial charge in [0.25, 0.3) is 0 Å². The second kappa shape index (κ2) is 2.14. The second-order valence-electron chi connectivity index (χ2n) is 1.47. The lowest BCUT2D eigenvalue weighted by molar-refractivity contribution is 1.31. The Kier molecular flexibility index (Phi) is 1.49. The zero-order chi connectivity index (χ0) is 5.98. The molecular weight excluding hydrogens is 122 g/mol. The van der Waals surface area contributed by atoms with Crippen molar-refractivity contribution in [3.05, 3.63) is 36.0 Å². The van der Waals surface area contributed by atoms with Gasteiger partial charge in [0.05, 0.1) is 0 Å². The molecule has 0 saturated heterocycles. The Morgan fingerprint density at radius 2 is 2.38 bits per heavy atom. The Hall–Kier alpha value is -0.560. The van der Waals surface area contributed by atoms with Crippen LogP contribution in [-0.2, 0) is 0 Å². The maximum Gasteiger partial charge on any atom is 0.0468 e. The van der Waals surface area contributed by atoms with E-state index in [1.165, 1.54) is 0 Å². The number of halogens is 1. The Labute approximate surface area is 53.3 Å². The van der Waals surface area contributed by atoms with Crippen molar-refractivity contribution in [1.29, 1.82) is 0 Å². The predicted octanol–water partition coefficient (Wildman–Crippen LogP) is 1.92. The minimum Gasteiger partial charge on any atom is -0.264 e. The first-order valence-corrected chi connectivity index (χ1v) is 2.60. The van der Waals surface area contributed by atoms with Gasteiger partial charge in [0.1, 0.15) is 0 Å². The van der Waals surface area contributed by atoms with Gasteiger partial charge in [-0.3, -0.25) is 4.98 Å². The molecular formula is C6H5ClN. The SMILES string of the molecule is [CH2]c1cnccc1Cl. The van der Waals surface area contributed by atoms with Crippen molar-refractivity contribution in [3.8, 4) is 0 Å². The number of aromatic nitrogens is 1. The molecule has 1 aromatic heterocycles. The molecule has 2 heteroatoms. The summed E-state index contributed by atoms with van der Waals surface area (Å²) in [5.41, 5.74) is 0.772. The summed E-state index contributed by atoms with van der Waals surface area (Å²) in [4.78, 5) is 3.80. The van der Waals surface area contributed by atoms with Gasteiger partial charge in [0.2, 0.25) is 0 Å². The highest BCUT2D eigenvalue weighted by Gasteiger charge is 1.87. The minimum absolute atomic E-state index is 0.667. The van der Waals surface area contributed by atoms with E-state index in [1.807, 2.05) is 0 Å². The first-order valence-electron chi connectivity index (χ1n) is 2.22. The van der Waals surface area contributed by atoms with Crippen LogP contribution in [0.15, 0.2) is 18.5 Å². The number of pyridine rings is 1. The maximum atomic E-state index is 5.61. The molecule has 0 bridgehead atoms. The molecule has 0 N–H and O–H groups in total. The summed E-state index contributed by atoms with van der Waals surface area (Å²) in [5, 5.41) is 0.667. The van der Waals surface area contributed by atoms with Crippen molar-refractivity contribution < 1.29 is 0 Å². The zero-order valence-electron chi connectivity index (χ0n) is 4.26. The smallest absolute Gasteiger partial charge is 0.0468 e. The molecule has 0 aliphatic rings. The molecule has 0 aliphatic heterocycles. The molecule has 8 heavy (non-hydrogen) atoms. The molecule has 0 unspecified atom stereocenters. The van der Waals surface area contributed by atoms with Gasteiger partial charge >= 0.3 is 0 Å². The largest absolute Gasteiger partial charge is 0.264 e. The van der Waals surface area contributed by atoms with Gasteiger partial charge in [-0.05, 0) is 18.6 Å². The summed E-state index contributed by atoms with van der Waals surface area (Å²) in [6.07, 6.45) is 3.26. The molecule has 1 heterocycles. The Balaban J connectivity index is 3.13. The standard InChI is InChI=1S/C6H5ClN/c1-5-4-8-3-2-6(5)7/h2-4H,1H2. The van der Waals surface area contributed by atoms with Crippen LogP contribution in [0.3, 0.4) is 0 Å². The Morgan fingerprint density at radius 3 is 2.75 bits per heavy atom. The molecule has 0 amide bonds. The van der Waals surface area contributed by atoms with Crippen LogP contribution < -0.4 is 0 Å². The van der Waals surface area contributed by atoms with Gasteiger partial charge in [-0.15, -0.1) is 0 Å². The Morgan fingerprint density at radius 1 is 1.62 bits per heavy atom. The molecule has 41 valence electrons. The number of hydrogen-bond acceptors (Lipinski definition) is 1. The summed E-state index contributed by atoms with van der Waals surface area (Å²) >= 11 is 5.61. The van der Waals surface area contributed by atoms with Gasteiger partial charge in [-0.1, -0.05) is 11.6 Å². The minimum atomic E-state index is 0.667. The van der Waals surface area contributed by atoms with Gasteiger partial charge < -0.3 is 0 Å².